The van der Waals surface area contributed by atoms with Crippen molar-refractivity contribution in [3.8, 4) is 0 Å². The van der Waals surface area contributed by atoms with E-state index in [1.165, 1.54) is 18.2 Å². The number of carbonyl (C=O) groups is 1. The molecule has 0 radical (unpaired) electrons. The third-order valence-corrected chi connectivity index (χ3v) is 5.29. The van der Waals surface area contributed by atoms with E-state index in [1.807, 2.05) is 18.2 Å². The second kappa shape index (κ2) is 9.83. The van der Waals surface area contributed by atoms with Crippen molar-refractivity contribution in [1.82, 2.24) is 10.6 Å². The lowest BCUT2D eigenvalue weighted by Gasteiger charge is -2.28. The average molecular weight is 551 g/mol. The van der Waals surface area contributed by atoms with Crippen LogP contribution in [-0.4, -0.2) is 21.0 Å². The van der Waals surface area contributed by atoms with Crippen molar-refractivity contribution < 1.29 is 4.79 Å². The van der Waals surface area contributed by atoms with E-state index in [9.17, 15) is 4.79 Å². The SMILES string of the molecule is O=C(N[C@@H](NC(=S)Nc1ccccc1Br)C(Cl)(Cl)Cl)c1ccc(Cl)cc1Cl. The largest absolute Gasteiger partial charge is 0.339 e. The lowest BCUT2D eigenvalue weighted by molar-refractivity contribution is 0.0934. The molecule has 0 spiro atoms. The maximum atomic E-state index is 12.5. The van der Waals surface area contributed by atoms with Gasteiger partial charge in [0.05, 0.1) is 16.3 Å². The summed E-state index contributed by atoms with van der Waals surface area (Å²) in [5.41, 5.74) is 0.872. The van der Waals surface area contributed by atoms with Gasteiger partial charge in [-0.05, 0) is 58.5 Å². The lowest BCUT2D eigenvalue weighted by atomic mass is 10.2. The highest BCUT2D eigenvalue weighted by atomic mass is 79.9. The first-order chi connectivity index (χ1) is 12.6. The molecule has 144 valence electrons. The van der Waals surface area contributed by atoms with E-state index >= 15 is 0 Å². The number of anilines is 1. The summed E-state index contributed by atoms with van der Waals surface area (Å²) in [6, 6.07) is 11.7. The minimum Gasteiger partial charge on any atom is -0.339 e. The predicted molar refractivity (Wildman–Crippen MR) is 122 cm³/mol. The minimum atomic E-state index is -1.89. The Morgan fingerprint density at radius 3 is 2.33 bits per heavy atom. The zero-order chi connectivity index (χ0) is 20.2. The Labute approximate surface area is 195 Å². The Morgan fingerprint density at radius 2 is 1.74 bits per heavy atom. The Balaban J connectivity index is 2.12. The lowest BCUT2D eigenvalue weighted by Crippen LogP contribution is -2.56. The number of benzene rings is 2. The van der Waals surface area contributed by atoms with Crippen LogP contribution >= 0.6 is 86.2 Å². The van der Waals surface area contributed by atoms with Crippen LogP contribution in [0.4, 0.5) is 5.69 Å². The van der Waals surface area contributed by atoms with Gasteiger partial charge < -0.3 is 16.0 Å². The standard InChI is InChI=1S/C16H11BrCl5N3OS/c17-10-3-1-2-4-12(10)23-15(27)25-14(16(20,21)22)24-13(26)9-6-5-8(18)7-11(9)19/h1-7,14H,(H,24,26)(H2,23,25,27)/t14-/m0/s1. The fourth-order valence-corrected chi connectivity index (χ4v) is 3.37. The van der Waals surface area contributed by atoms with E-state index in [1.54, 1.807) is 6.07 Å². The highest BCUT2D eigenvalue weighted by Gasteiger charge is 2.35. The molecule has 2 rings (SSSR count). The molecule has 0 saturated carbocycles. The summed E-state index contributed by atoms with van der Waals surface area (Å²) in [5.74, 6) is -0.566. The van der Waals surface area contributed by atoms with E-state index in [4.69, 9.17) is 70.2 Å². The summed E-state index contributed by atoms with van der Waals surface area (Å²) >= 11 is 38.4. The van der Waals surface area contributed by atoms with Crippen LogP contribution in [0, 0.1) is 0 Å². The highest BCUT2D eigenvalue weighted by molar-refractivity contribution is 9.10. The van der Waals surface area contributed by atoms with E-state index < -0.39 is 15.9 Å². The van der Waals surface area contributed by atoms with Gasteiger partial charge >= 0.3 is 0 Å². The van der Waals surface area contributed by atoms with E-state index in [0.29, 0.717) is 10.7 Å². The summed E-state index contributed by atoms with van der Waals surface area (Å²) in [4.78, 5) is 12.5. The monoisotopic (exact) mass is 547 g/mol. The molecule has 11 heteroatoms. The Hall–Kier alpha value is -0.470. The van der Waals surface area contributed by atoms with E-state index in [2.05, 4.69) is 31.9 Å². The van der Waals surface area contributed by atoms with Crippen LogP contribution in [0.5, 0.6) is 0 Å². The summed E-state index contributed by atoms with van der Waals surface area (Å²) in [6.07, 6.45) is -1.13. The molecule has 0 fully saturated rings. The molecule has 0 aliphatic rings. The second-order valence-electron chi connectivity index (χ2n) is 5.15. The molecular formula is C16H11BrCl5N3OS. The first-order valence-electron chi connectivity index (χ1n) is 7.22. The molecule has 1 amide bonds. The Bertz CT molecular complexity index is 862. The molecule has 0 heterocycles. The molecule has 0 unspecified atom stereocenters. The van der Waals surface area contributed by atoms with Crippen LogP contribution in [0.2, 0.25) is 10.0 Å². The zero-order valence-corrected chi connectivity index (χ0v) is 19.4. The fourth-order valence-electron chi connectivity index (χ4n) is 1.93. The molecule has 27 heavy (non-hydrogen) atoms. The molecule has 4 nitrogen and oxygen atoms in total. The Kier molecular flexibility index (Phi) is 8.31. The summed E-state index contributed by atoms with van der Waals surface area (Å²) < 4.78 is -1.11. The van der Waals surface area contributed by atoms with Gasteiger partial charge in [0, 0.05) is 9.50 Å². The fraction of sp³-hybridized carbons (Fsp3) is 0.125. The molecular weight excluding hydrogens is 539 g/mol. The van der Waals surface area contributed by atoms with Crippen LogP contribution in [-0.2, 0) is 0 Å². The smallest absolute Gasteiger partial charge is 0.254 e. The van der Waals surface area contributed by atoms with E-state index in [0.717, 1.165) is 4.47 Å². The van der Waals surface area contributed by atoms with Gasteiger partial charge in [0.1, 0.15) is 6.17 Å². The molecule has 0 aliphatic carbocycles. The number of hydrogen-bond donors (Lipinski definition) is 3. The van der Waals surface area contributed by atoms with Gasteiger partial charge in [-0.1, -0.05) is 70.1 Å². The summed E-state index contributed by atoms with van der Waals surface area (Å²) in [5, 5.41) is 8.96. The second-order valence-corrected chi connectivity index (χ2v) is 9.63. The maximum absolute atomic E-state index is 12.5. The molecule has 0 bridgehead atoms. The Morgan fingerprint density at radius 1 is 1.07 bits per heavy atom. The zero-order valence-electron chi connectivity index (χ0n) is 13.2. The van der Waals surface area contributed by atoms with Crippen molar-refractivity contribution in [3.63, 3.8) is 0 Å². The third kappa shape index (κ3) is 6.82. The maximum Gasteiger partial charge on any atom is 0.254 e. The van der Waals surface area contributed by atoms with E-state index in [-0.39, 0.29) is 15.7 Å². The van der Waals surface area contributed by atoms with Crippen LogP contribution < -0.4 is 16.0 Å². The number of para-hydroxylation sites is 1. The van der Waals surface area contributed by atoms with Crippen molar-refractivity contribution in [3.05, 3.63) is 62.5 Å². The normalized spacial score (nSPS) is 12.2. The molecule has 2 aromatic carbocycles. The van der Waals surface area contributed by atoms with Gasteiger partial charge in [-0.15, -0.1) is 0 Å². The number of alkyl halides is 3. The van der Waals surface area contributed by atoms with Gasteiger partial charge in [0.15, 0.2) is 5.11 Å². The number of thiocarbonyl (C=S) groups is 1. The van der Waals surface area contributed by atoms with Gasteiger partial charge in [0.25, 0.3) is 5.91 Å². The molecule has 1 atom stereocenters. The van der Waals surface area contributed by atoms with Crippen LogP contribution in [0.1, 0.15) is 10.4 Å². The summed E-state index contributed by atoms with van der Waals surface area (Å²) in [6.45, 7) is 0. The van der Waals surface area contributed by atoms with Gasteiger partial charge in [-0.3, -0.25) is 4.79 Å². The average Bonchev–Trinajstić information content (AvgIpc) is 2.55. The molecule has 0 saturated heterocycles. The third-order valence-electron chi connectivity index (χ3n) is 3.18. The molecule has 0 aliphatic heterocycles. The molecule has 2 aromatic rings. The van der Waals surface area contributed by atoms with Crippen molar-refractivity contribution in [2.75, 3.05) is 5.32 Å². The topological polar surface area (TPSA) is 53.2 Å². The van der Waals surface area contributed by atoms with Crippen molar-refractivity contribution in [2.24, 2.45) is 0 Å². The number of rotatable bonds is 4. The van der Waals surface area contributed by atoms with Crippen LogP contribution in [0.15, 0.2) is 46.9 Å². The van der Waals surface area contributed by atoms with Crippen molar-refractivity contribution in [1.29, 1.82) is 0 Å². The van der Waals surface area contributed by atoms with Crippen molar-refractivity contribution >= 4 is 103 Å². The summed E-state index contributed by atoms with van der Waals surface area (Å²) in [7, 11) is 0. The number of nitrogens with one attached hydrogen (secondary N) is 3. The molecule has 3 N–H and O–H groups in total. The number of carbonyl (C=O) groups excluding carboxylic acids is 1. The van der Waals surface area contributed by atoms with Crippen LogP contribution in [0.25, 0.3) is 0 Å². The van der Waals surface area contributed by atoms with Gasteiger partial charge in [-0.2, -0.15) is 0 Å². The minimum absolute atomic E-state index is 0.140. The number of halogens is 6. The number of hydrogen-bond acceptors (Lipinski definition) is 2. The predicted octanol–water partition coefficient (Wildman–Crippen LogP) is 6.17. The van der Waals surface area contributed by atoms with Gasteiger partial charge in [-0.25, -0.2) is 0 Å². The molecule has 0 aromatic heterocycles. The van der Waals surface area contributed by atoms with Gasteiger partial charge in [0.2, 0.25) is 3.79 Å². The first-order valence-corrected chi connectivity index (χ1v) is 10.3. The highest BCUT2D eigenvalue weighted by Crippen LogP contribution is 2.30. The quantitative estimate of drug-likeness (QED) is 0.242. The number of amides is 1. The van der Waals surface area contributed by atoms with Crippen molar-refractivity contribution in [2.45, 2.75) is 9.96 Å². The first kappa shape index (κ1) is 22.8. The van der Waals surface area contributed by atoms with Crippen LogP contribution in [0.3, 0.4) is 0 Å².